The van der Waals surface area contributed by atoms with Crippen LogP contribution in [0.15, 0.2) is 11.6 Å². The molecule has 8 atom stereocenters. The van der Waals surface area contributed by atoms with Crippen LogP contribution in [0, 0.1) is 11.8 Å². The molecule has 3 fully saturated rings. The third-order valence-corrected chi connectivity index (χ3v) is 12.9. The second-order valence-electron chi connectivity index (χ2n) is 12.7. The van der Waals surface area contributed by atoms with Gasteiger partial charge < -0.3 is 28.1 Å². The molecule has 3 aliphatic rings. The molecule has 0 spiro atoms. The maximum Gasteiger partial charge on any atom is 0.330 e. The smallest absolute Gasteiger partial charge is 0.330 e. The van der Waals surface area contributed by atoms with Gasteiger partial charge in [0.25, 0.3) is 0 Å². The van der Waals surface area contributed by atoms with Gasteiger partial charge in [0.05, 0.1) is 38.1 Å². The predicted octanol–water partition coefficient (Wildman–Crippen LogP) is 5.23. The standard InChI is InChI=1S/C27H48O7Si/c1-16(13-22(28)29-9)12-20-25-24(32-27(7,8)33-25)19(15-30-20)14-21-23(31-21)17(2)18(3)34-35(10,11)26(4,5)6/h13,17-21,23-25H,12,14-15H2,1-11H3. The largest absolute Gasteiger partial charge is 0.466 e. The Morgan fingerprint density at radius 3 is 2.37 bits per heavy atom. The summed E-state index contributed by atoms with van der Waals surface area (Å²) < 4.78 is 36.5. The first-order chi connectivity index (χ1) is 16.0. The number of methoxy groups -OCH3 is 1. The van der Waals surface area contributed by atoms with E-state index >= 15 is 0 Å². The summed E-state index contributed by atoms with van der Waals surface area (Å²) in [5.74, 6) is -0.496. The highest BCUT2D eigenvalue weighted by atomic mass is 28.4. The molecule has 35 heavy (non-hydrogen) atoms. The number of epoxide rings is 1. The average Bonchev–Trinajstić information content (AvgIpc) is 3.40. The summed E-state index contributed by atoms with van der Waals surface area (Å²) in [5, 5.41) is 0.187. The fourth-order valence-electron chi connectivity index (χ4n) is 5.04. The van der Waals surface area contributed by atoms with Crippen molar-refractivity contribution in [2.24, 2.45) is 11.8 Å². The molecule has 202 valence electrons. The van der Waals surface area contributed by atoms with Crippen LogP contribution < -0.4 is 0 Å². The SMILES string of the molecule is COC(=O)C=C(C)CC1OCC(CC2OC2C(C)C(C)O[Si](C)(C)C(C)(C)C)C2OC(C)(C)OC12. The summed E-state index contributed by atoms with van der Waals surface area (Å²) in [7, 11) is -0.443. The van der Waals surface area contributed by atoms with E-state index in [9.17, 15) is 4.79 Å². The number of hydrogen-bond donors (Lipinski definition) is 0. The Hall–Kier alpha value is -0.773. The number of rotatable bonds is 9. The predicted molar refractivity (Wildman–Crippen MR) is 138 cm³/mol. The Balaban J connectivity index is 1.59. The Bertz CT molecular complexity index is 787. The molecule has 8 heteroatoms. The topological polar surface area (TPSA) is 75.8 Å². The number of carbonyl (C=O) groups excluding carboxylic acids is 1. The van der Waals surface area contributed by atoms with E-state index in [0.717, 1.165) is 12.0 Å². The Kier molecular flexibility index (Phi) is 8.67. The normalized spacial score (nSPS) is 34.8. The zero-order chi connectivity index (χ0) is 26.3. The fraction of sp³-hybridized carbons (Fsp3) is 0.889. The summed E-state index contributed by atoms with van der Waals surface area (Å²) in [6, 6.07) is 0. The zero-order valence-electron chi connectivity index (χ0n) is 23.7. The molecule has 0 saturated carbocycles. The van der Waals surface area contributed by atoms with Crippen LogP contribution in [0.3, 0.4) is 0 Å². The molecule has 0 aromatic heterocycles. The molecule has 8 unspecified atom stereocenters. The van der Waals surface area contributed by atoms with E-state index in [4.69, 9.17) is 28.1 Å². The van der Waals surface area contributed by atoms with E-state index in [2.05, 4.69) is 47.7 Å². The fourth-order valence-corrected chi connectivity index (χ4v) is 6.54. The minimum atomic E-state index is -1.83. The van der Waals surface area contributed by atoms with Crippen LogP contribution in [-0.4, -0.2) is 70.4 Å². The van der Waals surface area contributed by atoms with Crippen LogP contribution in [0.5, 0.6) is 0 Å². The molecule has 3 saturated heterocycles. The number of carbonyl (C=O) groups is 1. The molecule has 0 aromatic carbocycles. The number of fused-ring (bicyclic) bond motifs is 1. The molecule has 0 bridgehead atoms. The quantitative estimate of drug-likeness (QED) is 0.181. The molecule has 3 aliphatic heterocycles. The van der Waals surface area contributed by atoms with Crippen molar-refractivity contribution >= 4 is 14.3 Å². The van der Waals surface area contributed by atoms with Gasteiger partial charge in [-0.05, 0) is 58.7 Å². The highest BCUT2D eigenvalue weighted by Crippen LogP contribution is 2.45. The molecular formula is C27H48O7Si. The van der Waals surface area contributed by atoms with E-state index in [1.807, 2.05) is 20.8 Å². The summed E-state index contributed by atoms with van der Waals surface area (Å²) in [5.41, 5.74) is 0.905. The molecule has 3 heterocycles. The first-order valence-corrected chi connectivity index (χ1v) is 16.0. The Labute approximate surface area is 213 Å². The van der Waals surface area contributed by atoms with Crippen LogP contribution in [-0.2, 0) is 32.9 Å². The van der Waals surface area contributed by atoms with Gasteiger partial charge in [-0.15, -0.1) is 0 Å². The van der Waals surface area contributed by atoms with Gasteiger partial charge in [0, 0.05) is 24.0 Å². The van der Waals surface area contributed by atoms with Crippen molar-refractivity contribution in [2.75, 3.05) is 13.7 Å². The zero-order valence-corrected chi connectivity index (χ0v) is 24.7. The van der Waals surface area contributed by atoms with E-state index in [-0.39, 0.29) is 53.5 Å². The first kappa shape index (κ1) is 28.8. The van der Waals surface area contributed by atoms with E-state index < -0.39 is 14.1 Å². The van der Waals surface area contributed by atoms with Crippen LogP contribution in [0.1, 0.15) is 68.2 Å². The van der Waals surface area contributed by atoms with Crippen molar-refractivity contribution in [3.63, 3.8) is 0 Å². The number of hydrogen-bond acceptors (Lipinski definition) is 7. The van der Waals surface area contributed by atoms with Crippen molar-refractivity contribution in [1.29, 1.82) is 0 Å². The lowest BCUT2D eigenvalue weighted by atomic mass is 9.85. The molecule has 0 N–H and O–H groups in total. The molecule has 0 aliphatic carbocycles. The van der Waals surface area contributed by atoms with Crippen LogP contribution in [0.4, 0.5) is 0 Å². The highest BCUT2D eigenvalue weighted by Gasteiger charge is 2.55. The summed E-state index contributed by atoms with van der Waals surface area (Å²) >= 11 is 0. The Morgan fingerprint density at radius 2 is 1.77 bits per heavy atom. The van der Waals surface area contributed by atoms with Gasteiger partial charge in [-0.1, -0.05) is 33.3 Å². The summed E-state index contributed by atoms with van der Waals surface area (Å²) in [6.45, 7) is 22.3. The summed E-state index contributed by atoms with van der Waals surface area (Å²) in [6.07, 6.45) is 3.14. The second-order valence-corrected chi connectivity index (χ2v) is 17.5. The lowest BCUT2D eigenvalue weighted by molar-refractivity contribution is -0.153. The third-order valence-electron chi connectivity index (χ3n) is 8.31. The van der Waals surface area contributed by atoms with Crippen molar-refractivity contribution in [2.45, 2.75) is 129 Å². The molecule has 0 aromatic rings. The molecular weight excluding hydrogens is 464 g/mol. The number of ether oxygens (including phenoxy) is 5. The van der Waals surface area contributed by atoms with Gasteiger partial charge >= 0.3 is 5.97 Å². The monoisotopic (exact) mass is 512 g/mol. The molecule has 0 amide bonds. The minimum Gasteiger partial charge on any atom is -0.466 e. The number of esters is 1. The Morgan fingerprint density at radius 1 is 1.14 bits per heavy atom. The lowest BCUT2D eigenvalue weighted by Crippen LogP contribution is -2.49. The summed E-state index contributed by atoms with van der Waals surface area (Å²) in [4.78, 5) is 11.6. The second kappa shape index (κ2) is 10.5. The van der Waals surface area contributed by atoms with Crippen LogP contribution in [0.2, 0.25) is 18.1 Å². The highest BCUT2D eigenvalue weighted by molar-refractivity contribution is 6.74. The van der Waals surface area contributed by atoms with Gasteiger partial charge in [-0.2, -0.15) is 0 Å². The lowest BCUT2D eigenvalue weighted by Gasteiger charge is -2.39. The van der Waals surface area contributed by atoms with Gasteiger partial charge in [0.1, 0.15) is 6.10 Å². The van der Waals surface area contributed by atoms with Crippen LogP contribution >= 0.6 is 0 Å². The van der Waals surface area contributed by atoms with Crippen molar-refractivity contribution in [3.05, 3.63) is 11.6 Å². The van der Waals surface area contributed by atoms with E-state index in [1.54, 1.807) is 0 Å². The molecule has 3 rings (SSSR count). The van der Waals surface area contributed by atoms with Gasteiger partial charge in [-0.3, -0.25) is 0 Å². The average molecular weight is 513 g/mol. The van der Waals surface area contributed by atoms with E-state index in [0.29, 0.717) is 18.9 Å². The van der Waals surface area contributed by atoms with Crippen molar-refractivity contribution in [3.8, 4) is 0 Å². The maximum atomic E-state index is 11.6. The minimum absolute atomic E-state index is 0.0595. The molecule has 0 radical (unpaired) electrons. The first-order valence-electron chi connectivity index (χ1n) is 13.1. The van der Waals surface area contributed by atoms with Crippen molar-refractivity contribution in [1.82, 2.24) is 0 Å². The van der Waals surface area contributed by atoms with Gasteiger partial charge in [0.15, 0.2) is 14.1 Å². The van der Waals surface area contributed by atoms with Gasteiger partial charge in [0.2, 0.25) is 0 Å². The van der Waals surface area contributed by atoms with Crippen LogP contribution in [0.25, 0.3) is 0 Å². The van der Waals surface area contributed by atoms with Crippen molar-refractivity contribution < 1.29 is 32.9 Å². The molecule has 7 nitrogen and oxygen atoms in total. The third kappa shape index (κ3) is 6.96. The maximum absolute atomic E-state index is 11.6. The van der Waals surface area contributed by atoms with E-state index in [1.165, 1.54) is 13.2 Å². The van der Waals surface area contributed by atoms with Gasteiger partial charge in [-0.25, -0.2) is 4.79 Å².